The molecule has 0 radical (unpaired) electrons. The van der Waals surface area contributed by atoms with Crippen molar-refractivity contribution in [2.75, 3.05) is 19.4 Å². The van der Waals surface area contributed by atoms with Crippen molar-refractivity contribution in [2.45, 2.75) is 6.92 Å². The summed E-state index contributed by atoms with van der Waals surface area (Å²) in [5.41, 5.74) is 0.714. The molecule has 2 aromatic heterocycles. The number of aryl methyl sites for hydroxylation is 1. The molecule has 2 rings (SSSR count). The van der Waals surface area contributed by atoms with Crippen molar-refractivity contribution in [3.63, 3.8) is 0 Å². The highest BCUT2D eigenvalue weighted by molar-refractivity contribution is 6.29. The molecular formula is C13H14ClN5O2. The van der Waals surface area contributed by atoms with Crippen LogP contribution in [0, 0.1) is 6.92 Å². The van der Waals surface area contributed by atoms with E-state index in [1.54, 1.807) is 19.1 Å². The first kappa shape index (κ1) is 11.3. The maximum atomic E-state index is 12.1. The average molecular weight is 311 g/mol. The number of hydrogen-bond acceptors (Lipinski definition) is 6. The van der Waals surface area contributed by atoms with Crippen molar-refractivity contribution < 1.29 is 13.6 Å². The molecule has 1 amide bonds. The molecule has 0 atom stereocenters. The number of aromatic nitrogens is 3. The maximum absolute atomic E-state index is 12.1. The zero-order chi connectivity index (χ0) is 17.9. The van der Waals surface area contributed by atoms with Crippen LogP contribution in [0.15, 0.2) is 18.2 Å². The highest BCUT2D eigenvalue weighted by atomic mass is 35.5. The van der Waals surface area contributed by atoms with Crippen molar-refractivity contribution in [3.8, 4) is 5.88 Å². The van der Waals surface area contributed by atoms with Gasteiger partial charge in [0, 0.05) is 23.2 Å². The number of ether oxygens (including phenoxy) is 1. The Balaban J connectivity index is 2.40. The number of methoxy groups -OCH3 is 1. The van der Waals surface area contributed by atoms with Crippen LogP contribution >= 0.6 is 11.6 Å². The number of anilines is 2. The monoisotopic (exact) mass is 310 g/mol. The first-order valence-corrected chi connectivity index (χ1v) is 6.22. The van der Waals surface area contributed by atoms with E-state index in [0.29, 0.717) is 11.7 Å². The molecule has 0 saturated heterocycles. The second-order valence-electron chi connectivity index (χ2n) is 4.03. The molecule has 0 unspecified atom stereocenters. The zero-order valence-corrected chi connectivity index (χ0v) is 12.0. The molecule has 0 aliphatic heterocycles. The summed E-state index contributed by atoms with van der Waals surface area (Å²) in [4.78, 5) is 16.3. The molecule has 2 aromatic rings. The number of nitrogens with zero attached hydrogens (tertiary/aromatic N) is 3. The molecule has 21 heavy (non-hydrogen) atoms. The molecule has 0 spiro atoms. The average Bonchev–Trinajstić information content (AvgIpc) is 2.47. The lowest BCUT2D eigenvalue weighted by atomic mass is 10.2. The van der Waals surface area contributed by atoms with E-state index in [0.717, 1.165) is 5.56 Å². The fourth-order valence-electron chi connectivity index (χ4n) is 1.57. The number of pyridine rings is 1. The Labute approximate surface area is 130 Å². The number of hydrogen-bond donors (Lipinski definition) is 2. The lowest BCUT2D eigenvalue weighted by molar-refractivity contribution is 0.0958. The van der Waals surface area contributed by atoms with Crippen molar-refractivity contribution in [2.24, 2.45) is 0 Å². The lowest BCUT2D eigenvalue weighted by Crippen LogP contribution is -2.21. The predicted octanol–water partition coefficient (Wildman–Crippen LogP) is 1.95. The van der Waals surface area contributed by atoms with Crippen LogP contribution in [0.1, 0.15) is 20.2 Å². The maximum Gasteiger partial charge on any atom is 0.273 e. The Morgan fingerprint density at radius 1 is 1.43 bits per heavy atom. The van der Waals surface area contributed by atoms with E-state index in [1.807, 2.05) is 5.32 Å². The Morgan fingerprint density at radius 3 is 2.95 bits per heavy atom. The van der Waals surface area contributed by atoms with Crippen LogP contribution in [0.4, 0.5) is 11.5 Å². The molecular weight excluding hydrogens is 294 g/mol. The highest BCUT2D eigenvalue weighted by Crippen LogP contribution is 2.24. The number of carbonyl (C=O) groups is 1. The molecule has 0 aliphatic carbocycles. The first-order valence-electron chi connectivity index (χ1n) is 7.34. The zero-order valence-electron chi connectivity index (χ0n) is 14.3. The summed E-state index contributed by atoms with van der Waals surface area (Å²) in [5.74, 6) is -0.145. The van der Waals surface area contributed by atoms with Gasteiger partial charge in [0.05, 0.1) is 12.8 Å². The molecule has 2 heterocycles. The summed E-state index contributed by atoms with van der Waals surface area (Å²) < 4.78 is 26.4. The highest BCUT2D eigenvalue weighted by Gasteiger charge is 2.15. The standard InChI is InChI=1S/C13H14ClN5O2/c1-7-4-5-10(21-3)17-12(7)16-8-6-9(14)18-19-11(8)13(20)15-2/h4-6H,1-3H3,(H,15,20)(H,16,17,18)/i2D3. The molecule has 0 fully saturated rings. The van der Waals surface area contributed by atoms with Gasteiger partial charge in [0.1, 0.15) is 5.82 Å². The van der Waals surface area contributed by atoms with Crippen LogP contribution in [-0.4, -0.2) is 35.2 Å². The number of carbonyl (C=O) groups excluding carboxylic acids is 1. The van der Waals surface area contributed by atoms with Gasteiger partial charge < -0.3 is 15.4 Å². The minimum absolute atomic E-state index is 0.0310. The molecule has 7 nitrogen and oxygen atoms in total. The van der Waals surface area contributed by atoms with Gasteiger partial charge in [-0.25, -0.2) is 0 Å². The first-order chi connectivity index (χ1) is 11.2. The summed E-state index contributed by atoms with van der Waals surface area (Å²) in [6.07, 6.45) is 0. The molecule has 8 heteroatoms. The largest absolute Gasteiger partial charge is 0.481 e. The topological polar surface area (TPSA) is 89.0 Å². The molecule has 110 valence electrons. The van der Waals surface area contributed by atoms with Crippen molar-refractivity contribution in [1.82, 2.24) is 20.5 Å². The predicted molar refractivity (Wildman–Crippen MR) is 79.2 cm³/mol. The van der Waals surface area contributed by atoms with E-state index in [4.69, 9.17) is 20.5 Å². The summed E-state index contributed by atoms with van der Waals surface area (Å²) >= 11 is 5.82. The second kappa shape index (κ2) is 6.36. The van der Waals surface area contributed by atoms with Gasteiger partial charge in [-0.1, -0.05) is 17.7 Å². The van der Waals surface area contributed by atoms with Crippen molar-refractivity contribution in [3.05, 3.63) is 34.6 Å². The summed E-state index contributed by atoms with van der Waals surface area (Å²) in [7, 11) is 1.47. The van der Waals surface area contributed by atoms with Gasteiger partial charge in [-0.05, 0) is 12.5 Å². The van der Waals surface area contributed by atoms with Gasteiger partial charge in [0.15, 0.2) is 10.8 Å². The molecule has 0 aromatic carbocycles. The van der Waals surface area contributed by atoms with Crippen LogP contribution in [-0.2, 0) is 0 Å². The molecule has 0 saturated carbocycles. The fourth-order valence-corrected chi connectivity index (χ4v) is 1.72. The Morgan fingerprint density at radius 2 is 2.24 bits per heavy atom. The quantitative estimate of drug-likeness (QED) is 0.897. The third-order valence-electron chi connectivity index (χ3n) is 2.63. The Kier molecular flexibility index (Phi) is 3.41. The molecule has 0 bridgehead atoms. The van der Waals surface area contributed by atoms with Gasteiger partial charge in [-0.15, -0.1) is 10.2 Å². The minimum Gasteiger partial charge on any atom is -0.481 e. The summed E-state index contributed by atoms with van der Waals surface area (Å²) in [6.45, 7) is -0.854. The third-order valence-corrected chi connectivity index (χ3v) is 2.81. The number of halogens is 1. The third kappa shape index (κ3) is 3.38. The van der Waals surface area contributed by atoms with Gasteiger partial charge in [-0.3, -0.25) is 4.79 Å². The van der Waals surface area contributed by atoms with Crippen LogP contribution in [0.3, 0.4) is 0 Å². The van der Waals surface area contributed by atoms with E-state index in [-0.39, 0.29) is 16.5 Å². The fraction of sp³-hybridized carbons (Fsp3) is 0.231. The van der Waals surface area contributed by atoms with Crippen molar-refractivity contribution >= 4 is 29.0 Å². The van der Waals surface area contributed by atoms with Crippen LogP contribution in [0.25, 0.3) is 0 Å². The van der Waals surface area contributed by atoms with Gasteiger partial charge in [-0.2, -0.15) is 4.98 Å². The summed E-state index contributed by atoms with van der Waals surface area (Å²) in [6, 6.07) is 4.80. The molecule has 0 aliphatic rings. The lowest BCUT2D eigenvalue weighted by Gasteiger charge is -2.12. The van der Waals surface area contributed by atoms with Crippen LogP contribution in [0.5, 0.6) is 5.88 Å². The Hall–Kier alpha value is -2.41. The van der Waals surface area contributed by atoms with Crippen LogP contribution < -0.4 is 15.4 Å². The van der Waals surface area contributed by atoms with E-state index >= 15 is 0 Å². The smallest absolute Gasteiger partial charge is 0.273 e. The van der Waals surface area contributed by atoms with Gasteiger partial charge in [0.2, 0.25) is 5.88 Å². The molecule has 2 N–H and O–H groups in total. The van der Waals surface area contributed by atoms with Gasteiger partial charge in [0.25, 0.3) is 5.91 Å². The normalized spacial score (nSPS) is 12.8. The summed E-state index contributed by atoms with van der Waals surface area (Å²) in [5, 5.41) is 12.0. The van der Waals surface area contributed by atoms with E-state index in [2.05, 4.69) is 20.5 Å². The number of amides is 1. The number of nitrogens with one attached hydrogen (secondary N) is 2. The van der Waals surface area contributed by atoms with Crippen molar-refractivity contribution in [1.29, 1.82) is 0 Å². The minimum atomic E-state index is -2.65. The number of rotatable bonds is 4. The SMILES string of the molecule is [2H]C([2H])([2H])NC(=O)c1nnc(Cl)cc1Nc1nc(OC)ccc1C. The van der Waals surface area contributed by atoms with E-state index in [1.165, 1.54) is 13.2 Å². The van der Waals surface area contributed by atoms with E-state index < -0.39 is 12.9 Å². The Bertz CT molecular complexity index is 770. The second-order valence-corrected chi connectivity index (χ2v) is 4.41. The van der Waals surface area contributed by atoms with Crippen LogP contribution in [0.2, 0.25) is 5.15 Å². The van der Waals surface area contributed by atoms with E-state index in [9.17, 15) is 4.79 Å². The van der Waals surface area contributed by atoms with Gasteiger partial charge >= 0.3 is 0 Å².